The van der Waals surface area contributed by atoms with Gasteiger partial charge in [-0.1, -0.05) is 25.4 Å². The third kappa shape index (κ3) is 6.84. The van der Waals surface area contributed by atoms with E-state index < -0.39 is 17.8 Å². The van der Waals surface area contributed by atoms with Crippen molar-refractivity contribution in [1.82, 2.24) is 5.48 Å². The number of benzene rings is 2. The van der Waals surface area contributed by atoms with Crippen LogP contribution in [0.3, 0.4) is 0 Å². The fraction of sp³-hybridized carbons (Fsp3) is 0.316. The highest BCUT2D eigenvalue weighted by atomic mass is 127. The van der Waals surface area contributed by atoms with Crippen molar-refractivity contribution in [2.75, 3.05) is 11.9 Å². The van der Waals surface area contributed by atoms with Gasteiger partial charge in [0.2, 0.25) is 0 Å². The number of carbonyl (C=O) groups excluding carboxylic acids is 1. The van der Waals surface area contributed by atoms with E-state index in [4.69, 9.17) is 16.4 Å². The molecule has 0 heterocycles. The van der Waals surface area contributed by atoms with E-state index in [9.17, 15) is 14.3 Å². The molecular weight excluding hydrogens is 565 g/mol. The normalized spacial score (nSPS) is 12.1. The Bertz CT molecular complexity index is 854. The van der Waals surface area contributed by atoms with Crippen molar-refractivity contribution in [2.45, 2.75) is 26.4 Å². The lowest BCUT2D eigenvalue weighted by Gasteiger charge is -2.16. The average Bonchev–Trinajstić information content (AvgIpc) is 2.59. The molecule has 1 atom stereocenters. The summed E-state index contributed by atoms with van der Waals surface area (Å²) in [5.74, 6) is -0.813. The van der Waals surface area contributed by atoms with Crippen LogP contribution in [0, 0.1) is 15.3 Å². The smallest absolute Gasteiger partial charge is 0.276 e. The first-order valence-corrected chi connectivity index (χ1v) is 10.7. The molecule has 0 radical (unpaired) electrons. The lowest BCUT2D eigenvalue weighted by Crippen LogP contribution is -2.29. The van der Waals surface area contributed by atoms with Gasteiger partial charge in [-0.2, -0.15) is 0 Å². The quantitative estimate of drug-likeness (QED) is 0.276. The Kier molecular flexibility index (Phi) is 8.94. The van der Waals surface area contributed by atoms with Gasteiger partial charge >= 0.3 is 0 Å². The fourth-order valence-electron chi connectivity index (χ4n) is 2.44. The Morgan fingerprint density at radius 2 is 2.04 bits per heavy atom. The molecule has 0 saturated carbocycles. The van der Waals surface area contributed by atoms with Crippen molar-refractivity contribution in [3.05, 3.63) is 54.8 Å². The maximum absolute atomic E-state index is 14.1. The zero-order valence-electron chi connectivity index (χ0n) is 15.2. The highest BCUT2D eigenvalue weighted by Crippen LogP contribution is 2.31. The summed E-state index contributed by atoms with van der Waals surface area (Å²) in [5.41, 5.74) is 3.20. The number of aliphatic hydroxyl groups excluding tert-OH is 1. The van der Waals surface area contributed by atoms with E-state index in [1.165, 1.54) is 12.1 Å². The maximum Gasteiger partial charge on any atom is 0.276 e. The minimum atomic E-state index is -0.691. The number of anilines is 2. The Balaban J connectivity index is 2.16. The number of hydrogen-bond acceptors (Lipinski definition) is 4. The molecule has 28 heavy (non-hydrogen) atoms. The van der Waals surface area contributed by atoms with Crippen molar-refractivity contribution >= 4 is 67.4 Å². The SMILES string of the molecule is CC(C)CC(O)CONC(=O)c1cc(Br)c(F)cc1Nc1ccc(I)cc1Cl. The van der Waals surface area contributed by atoms with Crippen molar-refractivity contribution in [3.63, 3.8) is 0 Å². The lowest BCUT2D eigenvalue weighted by atomic mass is 10.1. The van der Waals surface area contributed by atoms with E-state index >= 15 is 0 Å². The Labute approximate surface area is 190 Å². The molecule has 152 valence electrons. The molecule has 0 aliphatic carbocycles. The van der Waals surface area contributed by atoms with Gasteiger partial charge in [-0.3, -0.25) is 9.63 Å². The minimum Gasteiger partial charge on any atom is -0.391 e. The van der Waals surface area contributed by atoms with Crippen LogP contribution in [0.25, 0.3) is 0 Å². The highest BCUT2D eigenvalue weighted by Gasteiger charge is 2.17. The van der Waals surface area contributed by atoms with Crippen LogP contribution in [-0.2, 0) is 4.84 Å². The average molecular weight is 586 g/mol. The molecule has 0 bridgehead atoms. The molecule has 3 N–H and O–H groups in total. The van der Waals surface area contributed by atoms with Crippen molar-refractivity contribution in [1.29, 1.82) is 0 Å². The number of nitrogens with one attached hydrogen (secondary N) is 2. The zero-order valence-corrected chi connectivity index (χ0v) is 19.7. The fourth-order valence-corrected chi connectivity index (χ4v) is 3.69. The van der Waals surface area contributed by atoms with Crippen LogP contribution in [0.5, 0.6) is 0 Å². The first-order valence-electron chi connectivity index (χ1n) is 8.48. The second-order valence-corrected chi connectivity index (χ2v) is 9.09. The number of hydrogen-bond donors (Lipinski definition) is 3. The van der Waals surface area contributed by atoms with E-state index in [0.29, 0.717) is 23.0 Å². The molecule has 2 aromatic rings. The van der Waals surface area contributed by atoms with Gasteiger partial charge in [-0.15, -0.1) is 0 Å². The van der Waals surface area contributed by atoms with Crippen LogP contribution in [0.1, 0.15) is 30.6 Å². The number of amides is 1. The number of rotatable bonds is 8. The molecule has 1 amide bonds. The van der Waals surface area contributed by atoms with Crippen LogP contribution in [-0.4, -0.2) is 23.7 Å². The Hall–Kier alpha value is -0.940. The van der Waals surface area contributed by atoms with Crippen LogP contribution in [0.2, 0.25) is 5.02 Å². The highest BCUT2D eigenvalue weighted by molar-refractivity contribution is 14.1. The maximum atomic E-state index is 14.1. The molecule has 2 rings (SSSR count). The van der Waals surface area contributed by atoms with Gasteiger partial charge in [0.1, 0.15) is 12.4 Å². The molecule has 1 unspecified atom stereocenters. The molecule has 0 saturated heterocycles. The van der Waals surface area contributed by atoms with Gasteiger partial charge in [0.25, 0.3) is 5.91 Å². The van der Waals surface area contributed by atoms with Crippen molar-refractivity contribution in [2.24, 2.45) is 5.92 Å². The van der Waals surface area contributed by atoms with Crippen molar-refractivity contribution < 1.29 is 19.1 Å². The van der Waals surface area contributed by atoms with E-state index in [-0.39, 0.29) is 22.3 Å². The monoisotopic (exact) mass is 584 g/mol. The summed E-state index contributed by atoms with van der Waals surface area (Å²) in [6.07, 6.45) is -0.140. The third-order valence-electron chi connectivity index (χ3n) is 3.69. The second-order valence-electron chi connectivity index (χ2n) is 6.59. The van der Waals surface area contributed by atoms with Gasteiger partial charge in [0.05, 0.1) is 32.5 Å². The van der Waals surface area contributed by atoms with Gasteiger partial charge in [-0.05, 0) is 81.2 Å². The van der Waals surface area contributed by atoms with Crippen molar-refractivity contribution in [3.8, 4) is 0 Å². The standard InChI is InChI=1S/C19H20BrClFIN2O3/c1-10(2)5-12(26)9-28-25-19(27)13-7-14(20)16(22)8-18(13)24-17-4-3-11(23)6-15(17)21/h3-4,6-8,10,12,24,26H,5,9H2,1-2H3,(H,25,27). The number of halogens is 4. The summed E-state index contributed by atoms with van der Waals surface area (Å²) >= 11 is 11.4. The number of aliphatic hydroxyl groups is 1. The molecule has 0 aromatic heterocycles. The molecule has 0 aliphatic heterocycles. The molecular formula is C19H20BrClFIN2O3. The zero-order chi connectivity index (χ0) is 20.8. The lowest BCUT2D eigenvalue weighted by molar-refractivity contribution is -0.0181. The third-order valence-corrected chi connectivity index (χ3v) is 5.28. The van der Waals surface area contributed by atoms with E-state index in [1.54, 1.807) is 12.1 Å². The van der Waals surface area contributed by atoms with E-state index in [0.717, 1.165) is 3.57 Å². The van der Waals surface area contributed by atoms with Gasteiger partial charge in [0.15, 0.2) is 0 Å². The summed E-state index contributed by atoms with van der Waals surface area (Å²) in [5, 5.41) is 13.2. The summed E-state index contributed by atoms with van der Waals surface area (Å²) in [6, 6.07) is 7.87. The number of carbonyl (C=O) groups is 1. The van der Waals surface area contributed by atoms with Gasteiger partial charge in [-0.25, -0.2) is 9.87 Å². The van der Waals surface area contributed by atoms with Gasteiger partial charge < -0.3 is 10.4 Å². The van der Waals surface area contributed by atoms with Crippen LogP contribution >= 0.6 is 50.1 Å². The first kappa shape index (κ1) is 23.3. The van der Waals surface area contributed by atoms with Crippen LogP contribution < -0.4 is 10.8 Å². The van der Waals surface area contributed by atoms with Gasteiger partial charge in [0, 0.05) is 3.57 Å². The minimum absolute atomic E-state index is 0.0437. The summed E-state index contributed by atoms with van der Waals surface area (Å²) in [7, 11) is 0. The predicted octanol–water partition coefficient (Wildman–Crippen LogP) is 5.66. The molecule has 5 nitrogen and oxygen atoms in total. The topological polar surface area (TPSA) is 70.6 Å². The summed E-state index contributed by atoms with van der Waals surface area (Å²) < 4.78 is 15.1. The summed E-state index contributed by atoms with van der Waals surface area (Å²) in [4.78, 5) is 17.6. The Morgan fingerprint density at radius 3 is 2.68 bits per heavy atom. The summed E-state index contributed by atoms with van der Waals surface area (Å²) in [6.45, 7) is 3.91. The molecule has 2 aromatic carbocycles. The molecule has 0 aliphatic rings. The van der Waals surface area contributed by atoms with Crippen LogP contribution in [0.15, 0.2) is 34.8 Å². The van der Waals surface area contributed by atoms with E-state index in [1.807, 2.05) is 19.9 Å². The first-order chi connectivity index (χ1) is 13.2. The number of hydroxylamine groups is 1. The molecule has 0 spiro atoms. The second kappa shape index (κ2) is 10.7. The van der Waals surface area contributed by atoms with Crippen LogP contribution in [0.4, 0.5) is 15.8 Å². The van der Waals surface area contributed by atoms with E-state index in [2.05, 4.69) is 49.3 Å². The predicted molar refractivity (Wildman–Crippen MR) is 120 cm³/mol. The molecule has 9 heteroatoms. The Morgan fingerprint density at radius 1 is 1.32 bits per heavy atom. The molecule has 0 fully saturated rings. The largest absolute Gasteiger partial charge is 0.391 e.